The third-order valence-corrected chi connectivity index (χ3v) is 4.69. The van der Waals surface area contributed by atoms with Gasteiger partial charge >= 0.3 is 5.97 Å². The lowest BCUT2D eigenvalue weighted by molar-refractivity contribution is -0.147. The number of carbonyl (C=O) groups is 3. The Labute approximate surface area is 154 Å². The molecule has 9 heteroatoms. The van der Waals surface area contributed by atoms with Gasteiger partial charge in [-0.15, -0.1) is 10.2 Å². The number of imide groups is 1. The van der Waals surface area contributed by atoms with Crippen LogP contribution in [0.5, 0.6) is 0 Å². The second-order valence-corrected chi connectivity index (χ2v) is 6.37. The van der Waals surface area contributed by atoms with Crippen LogP contribution in [0.25, 0.3) is 11.7 Å². The zero-order valence-electron chi connectivity index (χ0n) is 14.4. The fourth-order valence-corrected chi connectivity index (χ4v) is 3.32. The van der Waals surface area contributed by atoms with Crippen LogP contribution in [-0.2, 0) is 25.7 Å². The summed E-state index contributed by atoms with van der Waals surface area (Å²) in [6.07, 6.45) is 6.39. The van der Waals surface area contributed by atoms with E-state index in [4.69, 9.17) is 13.6 Å². The molecule has 2 aromatic heterocycles. The van der Waals surface area contributed by atoms with Gasteiger partial charge in [-0.2, -0.15) is 0 Å². The van der Waals surface area contributed by atoms with E-state index in [-0.39, 0.29) is 55.0 Å². The molecule has 0 spiro atoms. The summed E-state index contributed by atoms with van der Waals surface area (Å²) in [5.41, 5.74) is 0. The molecule has 0 N–H and O–H groups in total. The molecular weight excluding hydrogens is 354 g/mol. The van der Waals surface area contributed by atoms with Gasteiger partial charge in [-0.05, 0) is 25.0 Å². The fraction of sp³-hybridized carbons (Fsp3) is 0.389. The minimum absolute atomic E-state index is 0.0188. The molecule has 3 heterocycles. The highest BCUT2D eigenvalue weighted by Gasteiger charge is 2.46. The van der Waals surface area contributed by atoms with Crippen molar-refractivity contribution in [1.82, 2.24) is 15.1 Å². The average Bonchev–Trinajstić information content (AvgIpc) is 3.41. The zero-order valence-corrected chi connectivity index (χ0v) is 14.4. The standard InChI is InChI=1S/C18H17N3O6/c22-15(26-10-14-19-20-16(27-14)13-6-3-9-25-13)7-8-21-17(23)11-4-1-2-5-12(11)18(21)24/h1-3,6,9,11-12H,4-5,7-8,10H2. The lowest BCUT2D eigenvalue weighted by Gasteiger charge is -2.14. The Morgan fingerprint density at radius 1 is 1.19 bits per heavy atom. The number of allylic oxidation sites excluding steroid dienone is 2. The van der Waals surface area contributed by atoms with Crippen molar-refractivity contribution < 1.29 is 28.0 Å². The molecule has 1 saturated heterocycles. The Balaban J connectivity index is 1.27. The van der Waals surface area contributed by atoms with Crippen molar-refractivity contribution in [3.05, 3.63) is 36.4 Å². The summed E-state index contributed by atoms with van der Waals surface area (Å²) >= 11 is 0. The number of aromatic nitrogens is 2. The summed E-state index contributed by atoms with van der Waals surface area (Å²) in [4.78, 5) is 37.8. The van der Waals surface area contributed by atoms with E-state index in [1.807, 2.05) is 12.2 Å². The van der Waals surface area contributed by atoms with Crippen LogP contribution in [0.15, 0.2) is 39.4 Å². The summed E-state index contributed by atoms with van der Waals surface area (Å²) in [5, 5.41) is 7.58. The Morgan fingerprint density at radius 2 is 1.93 bits per heavy atom. The predicted molar refractivity (Wildman–Crippen MR) is 88.5 cm³/mol. The molecule has 2 aliphatic rings. The molecular formula is C18H17N3O6. The molecule has 1 aliphatic carbocycles. The summed E-state index contributed by atoms with van der Waals surface area (Å²) < 4.78 is 15.6. The number of fused-ring (bicyclic) bond motifs is 1. The van der Waals surface area contributed by atoms with Crippen LogP contribution in [0.4, 0.5) is 0 Å². The highest BCUT2D eigenvalue weighted by molar-refractivity contribution is 6.05. The SMILES string of the molecule is O=C(CCN1C(=O)C2CC=CCC2C1=O)OCc1nnc(-c2ccco2)o1. The number of hydrogen-bond acceptors (Lipinski definition) is 8. The first-order chi connectivity index (χ1) is 13.1. The third kappa shape index (κ3) is 3.40. The van der Waals surface area contributed by atoms with Crippen molar-refractivity contribution in [2.75, 3.05) is 6.54 Å². The van der Waals surface area contributed by atoms with Crippen LogP contribution >= 0.6 is 0 Å². The van der Waals surface area contributed by atoms with Crippen molar-refractivity contribution >= 4 is 17.8 Å². The maximum absolute atomic E-state index is 12.3. The van der Waals surface area contributed by atoms with Crippen LogP contribution in [0.1, 0.15) is 25.2 Å². The summed E-state index contributed by atoms with van der Waals surface area (Å²) in [7, 11) is 0. The number of likely N-dealkylation sites (tertiary alicyclic amines) is 1. The number of amides is 2. The quantitative estimate of drug-likeness (QED) is 0.428. The summed E-state index contributed by atoms with van der Waals surface area (Å²) in [6.45, 7) is -0.172. The van der Waals surface area contributed by atoms with Crippen LogP contribution in [0.2, 0.25) is 0 Å². The number of ether oxygens (including phenoxy) is 1. The topological polar surface area (TPSA) is 116 Å². The molecule has 2 aromatic rings. The van der Waals surface area contributed by atoms with Gasteiger partial charge in [-0.25, -0.2) is 0 Å². The number of carbonyl (C=O) groups excluding carboxylic acids is 3. The first-order valence-electron chi connectivity index (χ1n) is 8.65. The van der Waals surface area contributed by atoms with Gasteiger partial charge < -0.3 is 13.6 Å². The van der Waals surface area contributed by atoms with E-state index in [2.05, 4.69) is 10.2 Å². The largest absolute Gasteiger partial charge is 0.459 e. The monoisotopic (exact) mass is 371 g/mol. The Bertz CT molecular complexity index is 859. The maximum atomic E-state index is 12.3. The molecule has 9 nitrogen and oxygen atoms in total. The second-order valence-electron chi connectivity index (χ2n) is 6.37. The fourth-order valence-electron chi connectivity index (χ4n) is 3.32. The van der Waals surface area contributed by atoms with Gasteiger partial charge in [0.05, 0.1) is 24.5 Å². The van der Waals surface area contributed by atoms with Gasteiger partial charge in [0.15, 0.2) is 12.4 Å². The van der Waals surface area contributed by atoms with E-state index in [0.29, 0.717) is 18.6 Å². The maximum Gasteiger partial charge on any atom is 0.308 e. The number of rotatable bonds is 6. The van der Waals surface area contributed by atoms with Crippen molar-refractivity contribution in [2.45, 2.75) is 25.9 Å². The van der Waals surface area contributed by atoms with Gasteiger partial charge in [0.1, 0.15) is 0 Å². The number of esters is 1. The van der Waals surface area contributed by atoms with E-state index in [0.717, 1.165) is 0 Å². The van der Waals surface area contributed by atoms with E-state index >= 15 is 0 Å². The highest BCUT2D eigenvalue weighted by Crippen LogP contribution is 2.35. The highest BCUT2D eigenvalue weighted by atomic mass is 16.5. The van der Waals surface area contributed by atoms with Crippen molar-refractivity contribution in [3.8, 4) is 11.7 Å². The summed E-state index contributed by atoms with van der Waals surface area (Å²) in [5.74, 6) is -0.822. The van der Waals surface area contributed by atoms with Crippen molar-refractivity contribution in [3.63, 3.8) is 0 Å². The van der Waals surface area contributed by atoms with E-state index in [1.165, 1.54) is 11.2 Å². The van der Waals surface area contributed by atoms with Gasteiger partial charge in [0.25, 0.3) is 11.8 Å². The van der Waals surface area contributed by atoms with Gasteiger partial charge in [0, 0.05) is 6.54 Å². The molecule has 140 valence electrons. The van der Waals surface area contributed by atoms with E-state index in [9.17, 15) is 14.4 Å². The van der Waals surface area contributed by atoms with Crippen LogP contribution < -0.4 is 0 Å². The lowest BCUT2D eigenvalue weighted by Crippen LogP contribution is -2.33. The molecule has 1 aliphatic heterocycles. The minimum Gasteiger partial charge on any atom is -0.459 e. The van der Waals surface area contributed by atoms with Gasteiger partial charge in [-0.3, -0.25) is 19.3 Å². The van der Waals surface area contributed by atoms with Crippen molar-refractivity contribution in [2.24, 2.45) is 11.8 Å². The number of furan rings is 1. The lowest BCUT2D eigenvalue weighted by atomic mass is 9.85. The molecule has 0 saturated carbocycles. The van der Waals surface area contributed by atoms with Crippen molar-refractivity contribution in [1.29, 1.82) is 0 Å². The molecule has 0 bridgehead atoms. The Morgan fingerprint density at radius 3 is 2.59 bits per heavy atom. The van der Waals surface area contributed by atoms with Gasteiger partial charge in [-0.1, -0.05) is 12.2 Å². The Kier molecular flexibility index (Phi) is 4.57. The van der Waals surface area contributed by atoms with Gasteiger partial charge in [0.2, 0.25) is 11.8 Å². The number of nitrogens with zero attached hydrogens (tertiary/aromatic N) is 3. The molecule has 2 amide bonds. The van der Waals surface area contributed by atoms with Crippen LogP contribution in [0.3, 0.4) is 0 Å². The first kappa shape index (κ1) is 17.2. The molecule has 2 unspecified atom stereocenters. The smallest absolute Gasteiger partial charge is 0.308 e. The van der Waals surface area contributed by atoms with E-state index < -0.39 is 5.97 Å². The van der Waals surface area contributed by atoms with Crippen LogP contribution in [-0.4, -0.2) is 39.4 Å². The number of hydrogen-bond donors (Lipinski definition) is 0. The zero-order chi connectivity index (χ0) is 18.8. The second kappa shape index (κ2) is 7.18. The molecule has 0 aromatic carbocycles. The average molecular weight is 371 g/mol. The first-order valence-corrected chi connectivity index (χ1v) is 8.65. The summed E-state index contributed by atoms with van der Waals surface area (Å²) in [6, 6.07) is 3.35. The molecule has 27 heavy (non-hydrogen) atoms. The predicted octanol–water partition coefficient (Wildman–Crippen LogP) is 1.71. The molecule has 1 fully saturated rings. The molecule has 4 rings (SSSR count). The normalized spacial score (nSPS) is 21.6. The third-order valence-electron chi connectivity index (χ3n) is 4.69. The van der Waals surface area contributed by atoms with Crippen LogP contribution in [0, 0.1) is 11.8 Å². The molecule has 0 radical (unpaired) electrons. The Hall–Kier alpha value is -3.23. The molecule has 2 atom stereocenters. The van der Waals surface area contributed by atoms with E-state index in [1.54, 1.807) is 12.1 Å². The minimum atomic E-state index is -0.554.